The lowest BCUT2D eigenvalue weighted by molar-refractivity contribution is -0.144. The summed E-state index contributed by atoms with van der Waals surface area (Å²) in [6.45, 7) is 3.94. The zero-order valence-corrected chi connectivity index (χ0v) is 17.4. The summed E-state index contributed by atoms with van der Waals surface area (Å²) < 4.78 is 16.5. The van der Waals surface area contributed by atoms with Crippen molar-refractivity contribution in [1.29, 1.82) is 0 Å². The minimum atomic E-state index is -0.407. The zero-order valence-electron chi connectivity index (χ0n) is 17.4. The SMILES string of the molecule is CCOC(=O)/C=C/C=C/C=C/C1=C2C(=O)O[C@@H](C)C/C=C/C[C@@H]3C(=O)CC[C@H](O1)[C@H]23. The third kappa shape index (κ3) is 5.17. The van der Waals surface area contributed by atoms with Gasteiger partial charge in [0.2, 0.25) is 0 Å². The highest BCUT2D eigenvalue weighted by Gasteiger charge is 2.49. The number of hydrogen-bond acceptors (Lipinski definition) is 6. The Balaban J connectivity index is 1.83. The fraction of sp³-hybridized carbons (Fsp3) is 0.458. The van der Waals surface area contributed by atoms with Gasteiger partial charge in [0.15, 0.2) is 0 Å². The molecule has 1 fully saturated rings. The first-order chi connectivity index (χ1) is 14.5. The van der Waals surface area contributed by atoms with Gasteiger partial charge in [-0.2, -0.15) is 0 Å². The second-order valence-electron chi connectivity index (χ2n) is 7.59. The third-order valence-electron chi connectivity index (χ3n) is 5.45. The van der Waals surface area contributed by atoms with Gasteiger partial charge in [-0.3, -0.25) is 4.79 Å². The molecule has 0 spiro atoms. The van der Waals surface area contributed by atoms with Gasteiger partial charge in [0.05, 0.1) is 12.2 Å². The molecule has 2 heterocycles. The lowest BCUT2D eigenvalue weighted by Gasteiger charge is -2.32. The van der Waals surface area contributed by atoms with Crippen molar-refractivity contribution in [3.05, 3.63) is 59.9 Å². The van der Waals surface area contributed by atoms with Gasteiger partial charge >= 0.3 is 11.9 Å². The van der Waals surface area contributed by atoms with Crippen LogP contribution < -0.4 is 0 Å². The van der Waals surface area contributed by atoms with Crippen molar-refractivity contribution in [2.45, 2.75) is 51.7 Å². The molecular weight excluding hydrogens is 384 g/mol. The number of carbonyl (C=O) groups excluding carboxylic acids is 3. The summed E-state index contributed by atoms with van der Waals surface area (Å²) in [5.41, 5.74) is 0.465. The molecule has 0 radical (unpaired) electrons. The Morgan fingerprint density at radius 2 is 1.90 bits per heavy atom. The van der Waals surface area contributed by atoms with E-state index in [9.17, 15) is 14.4 Å². The van der Waals surface area contributed by atoms with E-state index in [0.29, 0.717) is 43.6 Å². The fourth-order valence-corrected chi connectivity index (χ4v) is 4.08. The monoisotopic (exact) mass is 412 g/mol. The molecule has 160 valence electrons. The van der Waals surface area contributed by atoms with Gasteiger partial charge in [-0.15, -0.1) is 0 Å². The normalized spacial score (nSPS) is 30.5. The highest BCUT2D eigenvalue weighted by atomic mass is 16.5. The predicted molar refractivity (Wildman–Crippen MR) is 111 cm³/mol. The Morgan fingerprint density at radius 3 is 2.70 bits per heavy atom. The van der Waals surface area contributed by atoms with Crippen molar-refractivity contribution in [2.24, 2.45) is 11.8 Å². The van der Waals surface area contributed by atoms with Gasteiger partial charge in [0, 0.05) is 30.8 Å². The quantitative estimate of drug-likeness (QED) is 0.296. The van der Waals surface area contributed by atoms with Crippen LogP contribution in [0.1, 0.15) is 39.5 Å². The van der Waals surface area contributed by atoms with Crippen LogP contribution in [0.3, 0.4) is 0 Å². The maximum absolute atomic E-state index is 12.9. The lowest BCUT2D eigenvalue weighted by atomic mass is 9.72. The van der Waals surface area contributed by atoms with Crippen LogP contribution in [0.4, 0.5) is 0 Å². The Bertz CT molecular complexity index is 829. The molecule has 4 atom stereocenters. The van der Waals surface area contributed by atoms with E-state index in [1.165, 1.54) is 6.08 Å². The Morgan fingerprint density at radius 1 is 1.13 bits per heavy atom. The summed E-state index contributed by atoms with van der Waals surface area (Å²) in [5.74, 6) is -0.702. The third-order valence-corrected chi connectivity index (χ3v) is 5.45. The van der Waals surface area contributed by atoms with E-state index in [2.05, 4.69) is 0 Å². The van der Waals surface area contributed by atoms with Gasteiger partial charge in [0.25, 0.3) is 0 Å². The van der Waals surface area contributed by atoms with E-state index in [1.54, 1.807) is 37.3 Å². The Hall–Kier alpha value is -2.89. The summed E-state index contributed by atoms with van der Waals surface area (Å²) in [6.07, 6.45) is 15.7. The highest BCUT2D eigenvalue weighted by molar-refractivity contribution is 5.94. The van der Waals surface area contributed by atoms with Crippen LogP contribution >= 0.6 is 0 Å². The number of ether oxygens (including phenoxy) is 3. The molecule has 30 heavy (non-hydrogen) atoms. The molecule has 3 aliphatic rings. The molecular formula is C24H28O6. The zero-order chi connectivity index (χ0) is 21.5. The largest absolute Gasteiger partial charge is 0.489 e. The van der Waals surface area contributed by atoms with Crippen molar-refractivity contribution >= 4 is 17.7 Å². The molecule has 0 saturated heterocycles. The number of Topliss-reactive ketones (excluding diaryl/α,β-unsaturated/α-hetero) is 1. The number of hydrogen-bond donors (Lipinski definition) is 0. The topological polar surface area (TPSA) is 78.9 Å². The lowest BCUT2D eigenvalue weighted by Crippen LogP contribution is -2.39. The molecule has 3 rings (SSSR count). The average molecular weight is 412 g/mol. The molecule has 0 aromatic heterocycles. The molecule has 6 heteroatoms. The van der Waals surface area contributed by atoms with E-state index < -0.39 is 11.9 Å². The van der Waals surface area contributed by atoms with Gasteiger partial charge in [0.1, 0.15) is 23.8 Å². The molecule has 0 aromatic rings. The first kappa shape index (κ1) is 21.8. The van der Waals surface area contributed by atoms with Crippen molar-refractivity contribution in [3.8, 4) is 0 Å². The van der Waals surface area contributed by atoms with Crippen LogP contribution in [0.15, 0.2) is 59.9 Å². The van der Waals surface area contributed by atoms with Crippen LogP contribution in [0.2, 0.25) is 0 Å². The number of carbonyl (C=O) groups is 3. The molecule has 0 unspecified atom stereocenters. The molecule has 0 N–H and O–H groups in total. The molecule has 0 aromatic carbocycles. The summed E-state index contributed by atoms with van der Waals surface area (Å²) in [6, 6.07) is 0. The van der Waals surface area contributed by atoms with Crippen molar-refractivity contribution in [2.75, 3.05) is 6.61 Å². The second kappa shape index (κ2) is 10.2. The average Bonchev–Trinajstić information content (AvgIpc) is 3.07. The predicted octanol–water partition coefficient (Wildman–Crippen LogP) is 3.75. The Labute approximate surface area is 176 Å². The number of esters is 2. The number of rotatable bonds is 5. The maximum atomic E-state index is 12.9. The van der Waals surface area contributed by atoms with Crippen LogP contribution in [0, 0.1) is 11.8 Å². The molecule has 6 nitrogen and oxygen atoms in total. The molecule has 1 saturated carbocycles. The second-order valence-corrected chi connectivity index (χ2v) is 7.59. The summed E-state index contributed by atoms with van der Waals surface area (Å²) in [5, 5.41) is 0. The molecule has 0 bridgehead atoms. The van der Waals surface area contributed by atoms with Gasteiger partial charge in [-0.05, 0) is 32.8 Å². The van der Waals surface area contributed by atoms with Crippen LogP contribution in [-0.4, -0.2) is 36.5 Å². The first-order valence-corrected chi connectivity index (χ1v) is 10.5. The van der Waals surface area contributed by atoms with E-state index in [1.807, 2.05) is 19.1 Å². The van der Waals surface area contributed by atoms with Crippen molar-refractivity contribution in [1.82, 2.24) is 0 Å². The van der Waals surface area contributed by atoms with Crippen molar-refractivity contribution < 1.29 is 28.6 Å². The van der Waals surface area contributed by atoms with Crippen LogP contribution in [0.25, 0.3) is 0 Å². The minimum absolute atomic E-state index is 0.178. The summed E-state index contributed by atoms with van der Waals surface area (Å²) >= 11 is 0. The fourth-order valence-electron chi connectivity index (χ4n) is 4.08. The van der Waals surface area contributed by atoms with Gasteiger partial charge in [-0.1, -0.05) is 36.5 Å². The van der Waals surface area contributed by atoms with E-state index in [4.69, 9.17) is 14.2 Å². The minimum Gasteiger partial charge on any atom is -0.489 e. The van der Waals surface area contributed by atoms with Crippen LogP contribution in [-0.2, 0) is 28.6 Å². The number of cyclic esters (lactones) is 1. The van der Waals surface area contributed by atoms with Crippen molar-refractivity contribution in [3.63, 3.8) is 0 Å². The number of allylic oxidation sites excluding steroid dienone is 6. The Kier molecular flexibility index (Phi) is 7.44. The molecule has 1 aliphatic carbocycles. The van der Waals surface area contributed by atoms with Gasteiger partial charge < -0.3 is 14.2 Å². The standard InChI is InChI=1S/C24H28O6/c1-3-28-21(26)13-7-5-4-6-12-19-23-22-17(18(25)14-15-20(22)30-19)11-9-8-10-16(2)29-24(23)27/h4-9,12-13,16-17,20,22H,3,10-11,14-15H2,1-2H3/b5-4+,9-8+,12-6+,13-7+/t16-,17+,20-,22+/m0/s1. The maximum Gasteiger partial charge on any atom is 0.338 e. The van der Waals surface area contributed by atoms with E-state index >= 15 is 0 Å². The highest BCUT2D eigenvalue weighted by Crippen LogP contribution is 2.45. The number of ketones is 1. The molecule has 2 aliphatic heterocycles. The first-order valence-electron chi connectivity index (χ1n) is 10.5. The summed E-state index contributed by atoms with van der Waals surface area (Å²) in [7, 11) is 0. The van der Waals surface area contributed by atoms with Gasteiger partial charge in [-0.25, -0.2) is 9.59 Å². The molecule has 0 amide bonds. The smallest absolute Gasteiger partial charge is 0.338 e. The summed E-state index contributed by atoms with van der Waals surface area (Å²) in [4.78, 5) is 36.8. The van der Waals surface area contributed by atoms with Crippen LogP contribution in [0.5, 0.6) is 0 Å². The van der Waals surface area contributed by atoms with E-state index in [0.717, 1.165) is 0 Å². The van der Waals surface area contributed by atoms with E-state index in [-0.39, 0.29) is 29.8 Å².